The van der Waals surface area contributed by atoms with Crippen LogP contribution in [0.4, 0.5) is 0 Å². The number of fused-ring (bicyclic) bond motifs is 4. The summed E-state index contributed by atoms with van der Waals surface area (Å²) in [4.78, 5) is 13.6. The Bertz CT molecular complexity index is 625. The van der Waals surface area contributed by atoms with Crippen LogP contribution in [0.25, 0.3) is 0 Å². The molecule has 4 nitrogen and oxygen atoms in total. The van der Waals surface area contributed by atoms with E-state index in [4.69, 9.17) is 21.1 Å². The molecule has 1 aromatic rings. The van der Waals surface area contributed by atoms with Crippen molar-refractivity contribution in [2.45, 2.75) is 44.3 Å². The molecule has 1 aromatic carbocycles. The van der Waals surface area contributed by atoms with Crippen LogP contribution in [0.1, 0.15) is 44.3 Å². The highest BCUT2D eigenvalue weighted by Gasteiger charge is 2.52. The minimum atomic E-state index is -0.210. The molecule has 0 aromatic heterocycles. The number of rotatable bonds is 0. The predicted molar refractivity (Wildman–Crippen MR) is 87.7 cm³/mol. The highest BCUT2D eigenvalue weighted by Crippen LogP contribution is 2.53. The van der Waals surface area contributed by atoms with Gasteiger partial charge < -0.3 is 14.4 Å². The van der Waals surface area contributed by atoms with Crippen LogP contribution < -0.4 is 4.74 Å². The highest BCUT2D eigenvalue weighted by molar-refractivity contribution is 6.30. The van der Waals surface area contributed by atoms with Crippen LogP contribution in [-0.4, -0.2) is 36.1 Å². The highest BCUT2D eigenvalue weighted by atomic mass is 35.5. The van der Waals surface area contributed by atoms with Gasteiger partial charge in [-0.2, -0.15) is 0 Å². The van der Waals surface area contributed by atoms with Crippen molar-refractivity contribution in [2.75, 3.05) is 19.7 Å². The molecule has 3 aliphatic rings. The van der Waals surface area contributed by atoms with Gasteiger partial charge in [-0.25, -0.2) is 0 Å². The van der Waals surface area contributed by atoms with Crippen molar-refractivity contribution in [3.05, 3.63) is 28.8 Å². The molecule has 2 fully saturated rings. The van der Waals surface area contributed by atoms with Crippen LogP contribution in [0.15, 0.2) is 18.2 Å². The third-order valence-electron chi connectivity index (χ3n) is 5.64. The largest absolute Gasteiger partial charge is 0.486 e. The molecule has 3 aliphatic heterocycles. The number of amides is 1. The van der Waals surface area contributed by atoms with Crippen molar-refractivity contribution in [3.63, 3.8) is 0 Å². The Balaban J connectivity index is 1.69. The predicted octanol–water partition coefficient (Wildman–Crippen LogP) is 3.58. The van der Waals surface area contributed by atoms with Gasteiger partial charge in [0.1, 0.15) is 11.4 Å². The Morgan fingerprint density at radius 1 is 1.35 bits per heavy atom. The standard InChI is InChI=1S/C18H22ClNO3/c1-12(21)20-8-6-18(7-9-20)15-3-2-10-22-17(15)14-11-13(19)4-5-16(14)23-18/h4-5,11,15,17H,2-3,6-10H2,1H3/t15-,17+/m0/s1. The lowest BCUT2D eigenvalue weighted by atomic mass is 9.70. The molecule has 0 bridgehead atoms. The van der Waals surface area contributed by atoms with Gasteiger partial charge in [-0.1, -0.05) is 11.6 Å². The smallest absolute Gasteiger partial charge is 0.219 e. The fourth-order valence-electron chi connectivity index (χ4n) is 4.43. The summed E-state index contributed by atoms with van der Waals surface area (Å²) in [5.41, 5.74) is 0.875. The SMILES string of the molecule is CC(=O)N1CCC2(CC1)Oc1ccc(Cl)cc1[C@H]1OCCC[C@@H]12. The van der Waals surface area contributed by atoms with Crippen molar-refractivity contribution in [1.29, 1.82) is 0 Å². The maximum Gasteiger partial charge on any atom is 0.219 e. The molecule has 1 amide bonds. The molecule has 0 aliphatic carbocycles. The Hall–Kier alpha value is -1.26. The van der Waals surface area contributed by atoms with Gasteiger partial charge in [0.15, 0.2) is 0 Å². The molecule has 124 valence electrons. The lowest BCUT2D eigenvalue weighted by Gasteiger charge is -2.53. The van der Waals surface area contributed by atoms with Gasteiger partial charge >= 0.3 is 0 Å². The van der Waals surface area contributed by atoms with Gasteiger partial charge in [-0.05, 0) is 31.0 Å². The second kappa shape index (κ2) is 5.67. The van der Waals surface area contributed by atoms with Gasteiger partial charge in [-0.15, -0.1) is 0 Å². The van der Waals surface area contributed by atoms with Gasteiger partial charge in [-0.3, -0.25) is 4.79 Å². The summed E-state index contributed by atoms with van der Waals surface area (Å²) in [6.45, 7) is 3.97. The van der Waals surface area contributed by atoms with E-state index in [1.54, 1.807) is 6.92 Å². The van der Waals surface area contributed by atoms with Gasteiger partial charge in [0.25, 0.3) is 0 Å². The van der Waals surface area contributed by atoms with Crippen molar-refractivity contribution in [3.8, 4) is 5.75 Å². The third-order valence-corrected chi connectivity index (χ3v) is 5.88. The number of piperidine rings is 1. The molecular formula is C18H22ClNO3. The summed E-state index contributed by atoms with van der Waals surface area (Å²) in [6.07, 6.45) is 3.99. The lowest BCUT2D eigenvalue weighted by molar-refractivity contribution is -0.156. The Labute approximate surface area is 141 Å². The van der Waals surface area contributed by atoms with Crippen LogP contribution in [0.2, 0.25) is 5.02 Å². The molecule has 23 heavy (non-hydrogen) atoms. The van der Waals surface area contributed by atoms with Crippen molar-refractivity contribution >= 4 is 17.5 Å². The summed E-state index contributed by atoms with van der Waals surface area (Å²) >= 11 is 6.18. The summed E-state index contributed by atoms with van der Waals surface area (Å²) in [7, 11) is 0. The number of hydrogen-bond donors (Lipinski definition) is 0. The Kier molecular flexibility index (Phi) is 3.77. The summed E-state index contributed by atoms with van der Waals surface area (Å²) in [5.74, 6) is 1.39. The van der Waals surface area contributed by atoms with E-state index in [0.29, 0.717) is 5.92 Å². The zero-order chi connectivity index (χ0) is 16.0. The lowest BCUT2D eigenvalue weighted by Crippen LogP contribution is -2.57. The van der Waals surface area contributed by atoms with Gasteiger partial charge in [0.2, 0.25) is 5.91 Å². The average Bonchev–Trinajstić information content (AvgIpc) is 2.56. The first-order valence-electron chi connectivity index (χ1n) is 8.45. The van der Waals surface area contributed by atoms with Crippen LogP contribution >= 0.6 is 11.6 Å². The number of carbonyl (C=O) groups excluding carboxylic acids is 1. The molecular weight excluding hydrogens is 314 g/mol. The monoisotopic (exact) mass is 335 g/mol. The number of halogens is 1. The van der Waals surface area contributed by atoms with E-state index < -0.39 is 0 Å². The number of hydrogen-bond acceptors (Lipinski definition) is 3. The molecule has 2 atom stereocenters. The Morgan fingerprint density at radius 2 is 2.13 bits per heavy atom. The zero-order valence-electron chi connectivity index (χ0n) is 13.4. The van der Waals surface area contributed by atoms with Crippen LogP contribution in [0, 0.1) is 5.92 Å². The van der Waals surface area contributed by atoms with E-state index >= 15 is 0 Å². The van der Waals surface area contributed by atoms with Crippen LogP contribution in [0.5, 0.6) is 5.75 Å². The zero-order valence-corrected chi connectivity index (χ0v) is 14.1. The fourth-order valence-corrected chi connectivity index (χ4v) is 4.61. The van der Waals surface area contributed by atoms with E-state index in [9.17, 15) is 4.79 Å². The molecule has 4 rings (SSSR count). The second-order valence-corrected chi connectivity index (χ2v) is 7.33. The van der Waals surface area contributed by atoms with Crippen LogP contribution in [-0.2, 0) is 9.53 Å². The van der Waals surface area contributed by atoms with E-state index in [1.807, 2.05) is 23.1 Å². The van der Waals surface area contributed by atoms with E-state index in [0.717, 1.165) is 61.7 Å². The van der Waals surface area contributed by atoms with Crippen molar-refractivity contribution in [2.24, 2.45) is 5.92 Å². The summed E-state index contributed by atoms with van der Waals surface area (Å²) in [6, 6.07) is 5.82. The minimum Gasteiger partial charge on any atom is -0.486 e. The summed E-state index contributed by atoms with van der Waals surface area (Å²) < 4.78 is 12.7. The third kappa shape index (κ3) is 2.52. The Morgan fingerprint density at radius 3 is 2.87 bits per heavy atom. The first-order chi connectivity index (χ1) is 11.1. The molecule has 0 N–H and O–H groups in total. The first-order valence-corrected chi connectivity index (χ1v) is 8.82. The second-order valence-electron chi connectivity index (χ2n) is 6.90. The van der Waals surface area contributed by atoms with E-state index in [1.165, 1.54) is 0 Å². The quantitative estimate of drug-likeness (QED) is 0.727. The number of likely N-dealkylation sites (tertiary alicyclic amines) is 1. The van der Waals surface area contributed by atoms with E-state index in [2.05, 4.69) is 0 Å². The normalized spacial score (nSPS) is 28.7. The van der Waals surface area contributed by atoms with Gasteiger partial charge in [0.05, 0.1) is 6.10 Å². The fraction of sp³-hybridized carbons (Fsp3) is 0.611. The first kappa shape index (κ1) is 15.3. The maximum atomic E-state index is 11.6. The topological polar surface area (TPSA) is 38.8 Å². The maximum absolute atomic E-state index is 11.6. The number of ether oxygens (including phenoxy) is 2. The summed E-state index contributed by atoms with van der Waals surface area (Å²) in [5, 5.41) is 0.725. The molecule has 0 unspecified atom stereocenters. The molecule has 0 saturated carbocycles. The number of nitrogens with zero attached hydrogens (tertiary/aromatic N) is 1. The molecule has 2 saturated heterocycles. The minimum absolute atomic E-state index is 0.0649. The molecule has 1 spiro atoms. The number of carbonyl (C=O) groups is 1. The van der Waals surface area contributed by atoms with E-state index in [-0.39, 0.29) is 17.6 Å². The molecule has 3 heterocycles. The molecule has 0 radical (unpaired) electrons. The number of benzene rings is 1. The molecule has 5 heteroatoms. The van der Waals surface area contributed by atoms with Crippen molar-refractivity contribution < 1.29 is 14.3 Å². The average molecular weight is 336 g/mol. The van der Waals surface area contributed by atoms with Gasteiger partial charge in [0, 0.05) is 56.0 Å². The van der Waals surface area contributed by atoms with Crippen LogP contribution in [0.3, 0.4) is 0 Å². The van der Waals surface area contributed by atoms with Crippen molar-refractivity contribution in [1.82, 2.24) is 4.90 Å².